The third-order valence-corrected chi connectivity index (χ3v) is 5.60. The molecule has 1 aliphatic rings. The van der Waals surface area contributed by atoms with Gasteiger partial charge in [-0.2, -0.15) is 18.4 Å². The molecule has 0 radical (unpaired) electrons. The van der Waals surface area contributed by atoms with E-state index in [4.69, 9.17) is 16.9 Å². The predicted octanol–water partition coefficient (Wildman–Crippen LogP) is 4.77. The molecule has 31 heavy (non-hydrogen) atoms. The number of benzene rings is 2. The van der Waals surface area contributed by atoms with E-state index < -0.39 is 23.7 Å². The topological polar surface area (TPSA) is 59.4 Å². The number of hydrogen-bond donors (Lipinski definition) is 1. The molecule has 3 rings (SSSR count). The Morgan fingerprint density at radius 2 is 1.84 bits per heavy atom. The molecule has 0 saturated carbocycles. The molecule has 1 atom stereocenters. The van der Waals surface area contributed by atoms with Crippen molar-refractivity contribution in [2.24, 2.45) is 0 Å². The van der Waals surface area contributed by atoms with E-state index in [2.05, 4.69) is 16.3 Å². The summed E-state index contributed by atoms with van der Waals surface area (Å²) in [5.74, 6) is -0.500. The molecule has 0 aliphatic carbocycles. The predicted molar refractivity (Wildman–Crippen MR) is 114 cm³/mol. The number of hydrogen-bond acceptors (Lipinski definition) is 4. The maximum absolute atomic E-state index is 13.3. The summed E-state index contributed by atoms with van der Waals surface area (Å²) < 4.78 is 39.9. The van der Waals surface area contributed by atoms with Crippen LogP contribution >= 0.6 is 11.6 Å². The minimum atomic E-state index is -4.62. The largest absolute Gasteiger partial charge is 0.418 e. The second-order valence-corrected chi connectivity index (χ2v) is 7.82. The molecule has 1 amide bonds. The molecule has 2 aromatic carbocycles. The van der Waals surface area contributed by atoms with Gasteiger partial charge in [-0.1, -0.05) is 11.6 Å². The van der Waals surface area contributed by atoms with Crippen LogP contribution in [0.3, 0.4) is 0 Å². The quantitative estimate of drug-likeness (QED) is 0.729. The summed E-state index contributed by atoms with van der Waals surface area (Å²) in [6.07, 6.45) is -3.83. The number of nitrogens with zero attached hydrogens (tertiary/aromatic N) is 3. The number of carbonyl (C=O) groups is 1. The first-order chi connectivity index (χ1) is 14.7. The highest BCUT2D eigenvalue weighted by molar-refractivity contribution is 6.30. The van der Waals surface area contributed by atoms with Crippen LogP contribution in [0, 0.1) is 11.3 Å². The molecule has 164 valence electrons. The maximum atomic E-state index is 13.3. The molecule has 0 spiro atoms. The monoisotopic (exact) mass is 450 g/mol. The highest BCUT2D eigenvalue weighted by Gasteiger charge is 2.35. The molecule has 9 heteroatoms. The summed E-state index contributed by atoms with van der Waals surface area (Å²) in [4.78, 5) is 16.8. The summed E-state index contributed by atoms with van der Waals surface area (Å²) in [6.45, 7) is 4.37. The number of amides is 1. The summed E-state index contributed by atoms with van der Waals surface area (Å²) in [5, 5.41) is 11.3. The number of anilines is 2. The average Bonchev–Trinajstić information content (AvgIpc) is 3.00. The molecular formula is C22H22ClF3N4O. The summed E-state index contributed by atoms with van der Waals surface area (Å²) in [7, 11) is 0. The van der Waals surface area contributed by atoms with Crippen molar-refractivity contribution >= 4 is 28.9 Å². The first-order valence-corrected chi connectivity index (χ1v) is 10.2. The fourth-order valence-corrected chi connectivity index (χ4v) is 3.76. The van der Waals surface area contributed by atoms with Gasteiger partial charge in [0.15, 0.2) is 0 Å². The van der Waals surface area contributed by atoms with Crippen LogP contribution in [0.2, 0.25) is 5.02 Å². The maximum Gasteiger partial charge on any atom is 0.418 e. The number of carbonyl (C=O) groups excluding carboxylic acids is 1. The lowest BCUT2D eigenvalue weighted by Crippen LogP contribution is -2.44. The molecule has 1 fully saturated rings. The molecule has 0 bridgehead atoms. The van der Waals surface area contributed by atoms with E-state index in [1.165, 1.54) is 12.1 Å². The lowest BCUT2D eigenvalue weighted by molar-refractivity contribution is -0.137. The van der Waals surface area contributed by atoms with Gasteiger partial charge in [-0.25, -0.2) is 0 Å². The van der Waals surface area contributed by atoms with Crippen molar-refractivity contribution in [1.82, 2.24) is 4.90 Å². The fourth-order valence-electron chi connectivity index (χ4n) is 3.59. The van der Waals surface area contributed by atoms with Gasteiger partial charge in [-0.05, 0) is 55.8 Å². The van der Waals surface area contributed by atoms with Crippen LogP contribution in [-0.2, 0) is 11.0 Å². The van der Waals surface area contributed by atoms with E-state index in [1.807, 2.05) is 17.0 Å². The minimum absolute atomic E-state index is 0.0474. The summed E-state index contributed by atoms with van der Waals surface area (Å²) in [6, 6.07) is 12.1. The third-order valence-electron chi connectivity index (χ3n) is 5.36. The van der Waals surface area contributed by atoms with Gasteiger partial charge in [0.1, 0.15) is 0 Å². The Labute approximate surface area is 184 Å². The Hall–Kier alpha value is -2.76. The van der Waals surface area contributed by atoms with Gasteiger partial charge in [0.05, 0.1) is 28.9 Å². The molecule has 0 aromatic heterocycles. The second kappa shape index (κ2) is 9.58. The lowest BCUT2D eigenvalue weighted by Gasteiger charge is -2.28. The van der Waals surface area contributed by atoms with Crippen molar-refractivity contribution in [1.29, 1.82) is 5.26 Å². The number of nitrogens with one attached hydrogen (secondary N) is 1. The van der Waals surface area contributed by atoms with Crippen LogP contribution in [0.15, 0.2) is 42.5 Å². The van der Waals surface area contributed by atoms with Crippen molar-refractivity contribution in [2.75, 3.05) is 36.4 Å². The Balaban J connectivity index is 1.66. The van der Waals surface area contributed by atoms with Crippen molar-refractivity contribution < 1.29 is 18.0 Å². The van der Waals surface area contributed by atoms with Gasteiger partial charge in [0.2, 0.25) is 5.91 Å². The van der Waals surface area contributed by atoms with Crippen molar-refractivity contribution in [2.45, 2.75) is 25.6 Å². The Morgan fingerprint density at radius 1 is 1.13 bits per heavy atom. The standard InChI is InChI=1S/C22H22ClF3N4O/c1-15(21(31)28-20-8-5-17(23)13-19(20)22(24,25)26)29-9-2-10-30(12-11-29)18-6-3-16(14-27)4-7-18/h3-8,13,15H,2,9-12H2,1H3,(H,28,31). The van der Waals surface area contributed by atoms with Crippen LogP contribution < -0.4 is 10.2 Å². The van der Waals surface area contributed by atoms with E-state index in [0.29, 0.717) is 25.2 Å². The van der Waals surface area contributed by atoms with Crippen molar-refractivity contribution in [3.05, 3.63) is 58.6 Å². The second-order valence-electron chi connectivity index (χ2n) is 7.39. The number of nitriles is 1. The summed E-state index contributed by atoms with van der Waals surface area (Å²) in [5.41, 5.74) is 0.311. The van der Waals surface area contributed by atoms with Gasteiger partial charge in [0, 0.05) is 36.9 Å². The fraction of sp³-hybridized carbons (Fsp3) is 0.364. The molecule has 1 N–H and O–H groups in total. The zero-order chi connectivity index (χ0) is 22.6. The molecule has 1 aliphatic heterocycles. The van der Waals surface area contributed by atoms with Crippen LogP contribution in [0.4, 0.5) is 24.5 Å². The van der Waals surface area contributed by atoms with E-state index in [-0.39, 0.29) is 10.7 Å². The molecule has 1 saturated heterocycles. The van der Waals surface area contributed by atoms with Gasteiger partial charge >= 0.3 is 6.18 Å². The van der Waals surface area contributed by atoms with Crippen LogP contribution in [0.5, 0.6) is 0 Å². The van der Waals surface area contributed by atoms with Gasteiger partial charge in [-0.3, -0.25) is 9.69 Å². The summed E-state index contributed by atoms with van der Waals surface area (Å²) >= 11 is 5.70. The molecule has 2 aromatic rings. The lowest BCUT2D eigenvalue weighted by atomic mass is 10.1. The molecule has 5 nitrogen and oxygen atoms in total. The van der Waals surface area contributed by atoms with Crippen LogP contribution in [0.25, 0.3) is 0 Å². The first-order valence-electron chi connectivity index (χ1n) is 9.86. The van der Waals surface area contributed by atoms with Gasteiger partial charge in [0.25, 0.3) is 0 Å². The van der Waals surface area contributed by atoms with Crippen LogP contribution in [-0.4, -0.2) is 43.0 Å². The number of rotatable bonds is 4. The van der Waals surface area contributed by atoms with E-state index in [0.717, 1.165) is 24.7 Å². The van der Waals surface area contributed by atoms with Crippen molar-refractivity contribution in [3.63, 3.8) is 0 Å². The minimum Gasteiger partial charge on any atom is -0.370 e. The third kappa shape index (κ3) is 5.69. The number of alkyl halides is 3. The van der Waals surface area contributed by atoms with Gasteiger partial charge < -0.3 is 10.2 Å². The molecular weight excluding hydrogens is 429 g/mol. The van der Waals surface area contributed by atoms with E-state index in [9.17, 15) is 18.0 Å². The van der Waals surface area contributed by atoms with E-state index >= 15 is 0 Å². The Kier molecular flexibility index (Phi) is 7.08. The zero-order valence-electron chi connectivity index (χ0n) is 16.9. The highest BCUT2D eigenvalue weighted by atomic mass is 35.5. The zero-order valence-corrected chi connectivity index (χ0v) is 17.7. The SMILES string of the molecule is CC(C(=O)Nc1ccc(Cl)cc1C(F)(F)F)N1CCCN(c2ccc(C#N)cc2)CC1. The Bertz CT molecular complexity index is 972. The smallest absolute Gasteiger partial charge is 0.370 e. The van der Waals surface area contributed by atoms with Crippen LogP contribution in [0.1, 0.15) is 24.5 Å². The van der Waals surface area contributed by atoms with E-state index in [1.54, 1.807) is 19.1 Å². The molecule has 1 unspecified atom stereocenters. The Morgan fingerprint density at radius 3 is 2.48 bits per heavy atom. The van der Waals surface area contributed by atoms with Crippen molar-refractivity contribution in [3.8, 4) is 6.07 Å². The average molecular weight is 451 g/mol. The highest BCUT2D eigenvalue weighted by Crippen LogP contribution is 2.36. The van der Waals surface area contributed by atoms with Gasteiger partial charge in [-0.15, -0.1) is 0 Å². The number of halogens is 4. The molecule has 1 heterocycles. The first kappa shape index (κ1) is 22.9. The normalized spacial score (nSPS) is 16.3.